The average molecular weight is 486 g/mol. The molecule has 1 N–H and O–H groups in total. The predicted octanol–water partition coefficient (Wildman–Crippen LogP) is 6.32. The zero-order valence-corrected chi connectivity index (χ0v) is 17.9. The van der Waals surface area contributed by atoms with E-state index in [1.54, 1.807) is 30.3 Å². The molecule has 0 aliphatic rings. The number of halogens is 3. The van der Waals surface area contributed by atoms with Crippen LogP contribution in [0.3, 0.4) is 0 Å². The Labute approximate surface area is 186 Å². The molecule has 150 valence electrons. The molecule has 0 atom stereocenters. The maximum Gasteiger partial charge on any atom is 0.262 e. The highest BCUT2D eigenvalue weighted by Crippen LogP contribution is 2.28. The number of amides is 1. The molecule has 0 saturated heterocycles. The third kappa shape index (κ3) is 5.69. The molecule has 0 fully saturated rings. The fraction of sp³-hybridized carbons (Fsp3) is 0.0435. The first-order valence-corrected chi connectivity index (χ1v) is 9.98. The third-order valence-electron chi connectivity index (χ3n) is 4.03. The van der Waals surface area contributed by atoms with E-state index < -0.39 is 11.7 Å². The molecule has 0 aliphatic carbocycles. The zero-order valence-electron chi connectivity index (χ0n) is 15.5. The summed E-state index contributed by atoms with van der Waals surface area (Å²) in [5, 5.41) is 12.2. The highest BCUT2D eigenvalue weighted by atomic mass is 79.9. The molecule has 0 radical (unpaired) electrons. The number of para-hydroxylation sites is 1. The highest BCUT2D eigenvalue weighted by Gasteiger charge is 2.10. The van der Waals surface area contributed by atoms with Crippen molar-refractivity contribution in [1.29, 1.82) is 5.26 Å². The number of rotatable bonds is 6. The zero-order chi connectivity index (χ0) is 21.5. The monoisotopic (exact) mass is 484 g/mol. The summed E-state index contributed by atoms with van der Waals surface area (Å²) in [7, 11) is 0. The molecular formula is C23H15BrClFN2O2. The highest BCUT2D eigenvalue weighted by molar-refractivity contribution is 9.10. The Hall–Kier alpha value is -3.14. The Bertz CT molecular complexity index is 1160. The van der Waals surface area contributed by atoms with Gasteiger partial charge in [0, 0.05) is 4.47 Å². The number of nitriles is 1. The van der Waals surface area contributed by atoms with Crippen LogP contribution in [0, 0.1) is 17.1 Å². The second-order valence-electron chi connectivity index (χ2n) is 6.19. The molecule has 0 spiro atoms. The van der Waals surface area contributed by atoms with Gasteiger partial charge in [0.05, 0.1) is 22.4 Å². The van der Waals surface area contributed by atoms with Crippen molar-refractivity contribution in [3.8, 4) is 11.8 Å². The van der Waals surface area contributed by atoms with Crippen LogP contribution in [0.25, 0.3) is 11.6 Å². The number of nitrogens with one attached hydrogen (secondary N) is 1. The Morgan fingerprint density at radius 1 is 1.17 bits per heavy atom. The van der Waals surface area contributed by atoms with Gasteiger partial charge in [-0.05, 0) is 53.6 Å². The second kappa shape index (κ2) is 10.1. The summed E-state index contributed by atoms with van der Waals surface area (Å²) in [5.41, 5.74) is 2.03. The van der Waals surface area contributed by atoms with E-state index in [4.69, 9.17) is 16.3 Å². The lowest BCUT2D eigenvalue weighted by molar-refractivity contribution is -0.118. The molecule has 0 aromatic heterocycles. The Morgan fingerprint density at radius 3 is 2.67 bits per heavy atom. The van der Waals surface area contributed by atoms with Gasteiger partial charge < -0.3 is 10.1 Å². The van der Waals surface area contributed by atoms with E-state index in [0.29, 0.717) is 16.9 Å². The number of carbonyl (C=O) groups excluding carboxylic acids is 1. The first-order valence-electron chi connectivity index (χ1n) is 8.81. The fourth-order valence-corrected chi connectivity index (χ4v) is 3.26. The molecule has 0 unspecified atom stereocenters. The van der Waals surface area contributed by atoms with Crippen LogP contribution in [0.2, 0.25) is 5.02 Å². The van der Waals surface area contributed by atoms with Gasteiger partial charge in [-0.15, -0.1) is 0 Å². The molecule has 1 amide bonds. The van der Waals surface area contributed by atoms with Crippen molar-refractivity contribution in [2.75, 3.05) is 11.9 Å². The quantitative estimate of drug-likeness (QED) is 0.328. The minimum Gasteiger partial charge on any atom is -0.482 e. The van der Waals surface area contributed by atoms with Crippen molar-refractivity contribution < 1.29 is 13.9 Å². The number of hydrogen-bond acceptors (Lipinski definition) is 3. The van der Waals surface area contributed by atoms with Crippen molar-refractivity contribution in [3.63, 3.8) is 0 Å². The number of hydrogen-bond donors (Lipinski definition) is 1. The molecule has 0 bridgehead atoms. The first-order chi connectivity index (χ1) is 14.5. The van der Waals surface area contributed by atoms with Gasteiger partial charge in [-0.1, -0.05) is 57.9 Å². The van der Waals surface area contributed by atoms with Crippen LogP contribution in [-0.2, 0) is 4.79 Å². The van der Waals surface area contributed by atoms with Gasteiger partial charge in [0.2, 0.25) is 0 Å². The number of carbonyl (C=O) groups is 1. The van der Waals surface area contributed by atoms with Gasteiger partial charge in [0.1, 0.15) is 11.6 Å². The van der Waals surface area contributed by atoms with Gasteiger partial charge >= 0.3 is 0 Å². The molecule has 30 heavy (non-hydrogen) atoms. The summed E-state index contributed by atoms with van der Waals surface area (Å²) < 4.78 is 19.9. The van der Waals surface area contributed by atoms with Crippen molar-refractivity contribution >= 4 is 50.8 Å². The summed E-state index contributed by atoms with van der Waals surface area (Å²) in [6.07, 6.45) is 1.71. The van der Waals surface area contributed by atoms with Crippen molar-refractivity contribution in [2.45, 2.75) is 0 Å². The molecule has 3 aromatic carbocycles. The molecule has 0 heterocycles. The van der Waals surface area contributed by atoms with Crippen LogP contribution in [0.5, 0.6) is 5.75 Å². The molecular weight excluding hydrogens is 471 g/mol. The van der Waals surface area contributed by atoms with Gasteiger partial charge in [-0.2, -0.15) is 5.26 Å². The lowest BCUT2D eigenvalue weighted by Gasteiger charge is -2.10. The lowest BCUT2D eigenvalue weighted by atomic mass is 10.0. The minimum absolute atomic E-state index is 0.0780. The Kier molecular flexibility index (Phi) is 7.23. The average Bonchev–Trinajstić information content (AvgIpc) is 2.73. The largest absolute Gasteiger partial charge is 0.482 e. The van der Waals surface area contributed by atoms with E-state index in [1.807, 2.05) is 24.3 Å². The van der Waals surface area contributed by atoms with Crippen LogP contribution >= 0.6 is 27.5 Å². The molecule has 3 rings (SSSR count). The number of benzene rings is 3. The molecule has 0 aliphatic heterocycles. The van der Waals surface area contributed by atoms with Gasteiger partial charge in [0.15, 0.2) is 6.61 Å². The minimum atomic E-state index is -0.529. The summed E-state index contributed by atoms with van der Waals surface area (Å²) >= 11 is 9.65. The van der Waals surface area contributed by atoms with Crippen LogP contribution in [0.4, 0.5) is 10.1 Å². The first kappa shape index (κ1) is 21.6. The maximum atomic E-state index is 13.6. The van der Waals surface area contributed by atoms with E-state index in [-0.39, 0.29) is 17.3 Å². The van der Waals surface area contributed by atoms with Gasteiger partial charge in [0.25, 0.3) is 5.91 Å². The number of allylic oxidation sites excluding steroid dienone is 1. The van der Waals surface area contributed by atoms with Crippen LogP contribution in [0.1, 0.15) is 11.1 Å². The van der Waals surface area contributed by atoms with Crippen molar-refractivity contribution in [2.24, 2.45) is 0 Å². The summed E-state index contributed by atoms with van der Waals surface area (Å²) in [6, 6.07) is 20.4. The van der Waals surface area contributed by atoms with Crippen molar-refractivity contribution in [1.82, 2.24) is 0 Å². The Morgan fingerprint density at radius 2 is 1.97 bits per heavy atom. The third-order valence-corrected chi connectivity index (χ3v) is 4.82. The van der Waals surface area contributed by atoms with E-state index >= 15 is 0 Å². The Balaban J connectivity index is 1.68. The van der Waals surface area contributed by atoms with Gasteiger partial charge in [-0.3, -0.25) is 4.79 Å². The standard InChI is InChI=1S/C23H15BrClFN2O2/c24-18-5-3-4-16(12-18)17(13-27)10-15-8-9-22(19(25)11-15)30-14-23(29)28-21-7-2-1-6-20(21)26/h1-12H,14H2,(H,28,29). The summed E-state index contributed by atoms with van der Waals surface area (Å²) in [6.45, 7) is -0.329. The van der Waals surface area contributed by atoms with Gasteiger partial charge in [-0.25, -0.2) is 4.39 Å². The molecule has 4 nitrogen and oxygen atoms in total. The number of anilines is 1. The van der Waals surface area contributed by atoms with Crippen molar-refractivity contribution in [3.05, 3.63) is 93.2 Å². The van der Waals surface area contributed by atoms with E-state index in [1.165, 1.54) is 18.2 Å². The summed E-state index contributed by atoms with van der Waals surface area (Å²) in [5.74, 6) is -0.737. The summed E-state index contributed by atoms with van der Waals surface area (Å²) in [4.78, 5) is 12.0. The smallest absolute Gasteiger partial charge is 0.262 e. The maximum absolute atomic E-state index is 13.6. The molecule has 0 saturated carbocycles. The normalized spacial score (nSPS) is 10.9. The lowest BCUT2D eigenvalue weighted by Crippen LogP contribution is -2.20. The second-order valence-corrected chi connectivity index (χ2v) is 7.51. The number of nitrogens with zero attached hydrogens (tertiary/aromatic N) is 1. The molecule has 7 heteroatoms. The van der Waals surface area contributed by atoms with Crippen LogP contribution in [0.15, 0.2) is 71.2 Å². The predicted molar refractivity (Wildman–Crippen MR) is 120 cm³/mol. The number of ether oxygens (including phenoxy) is 1. The fourth-order valence-electron chi connectivity index (χ4n) is 2.62. The van der Waals surface area contributed by atoms with Crippen LogP contribution in [-0.4, -0.2) is 12.5 Å². The molecule has 3 aromatic rings. The van der Waals surface area contributed by atoms with Crippen LogP contribution < -0.4 is 10.1 Å². The SMILES string of the molecule is N#CC(=Cc1ccc(OCC(=O)Nc2ccccc2F)c(Cl)c1)c1cccc(Br)c1. The van der Waals surface area contributed by atoms with E-state index in [9.17, 15) is 14.4 Å². The topological polar surface area (TPSA) is 62.1 Å². The van der Waals surface area contributed by atoms with E-state index in [0.717, 1.165) is 10.0 Å². The van der Waals surface area contributed by atoms with E-state index in [2.05, 4.69) is 27.3 Å².